The predicted molar refractivity (Wildman–Crippen MR) is 84.7 cm³/mol. The van der Waals surface area contributed by atoms with Crippen molar-refractivity contribution < 1.29 is 14.3 Å². The number of likely N-dealkylation sites (tertiary alicyclic amines) is 1. The van der Waals surface area contributed by atoms with Crippen molar-refractivity contribution in [2.45, 2.75) is 51.8 Å². The maximum absolute atomic E-state index is 12.3. The number of nitrogens with zero attached hydrogens (tertiary/aromatic N) is 2. The van der Waals surface area contributed by atoms with Gasteiger partial charge in [-0.05, 0) is 32.8 Å². The standard InChI is InChI=1S/C17H23N3O3/c1-11(2)23-17-12(4-3-7-18-17)9-19-16(22)13-8-15(21)20(10-13)14-5-6-14/h3-4,7,11,13-14H,5-6,8-10H2,1-2H3,(H,19,22)/t13-/m1/s1. The number of aromatic nitrogens is 1. The number of pyridine rings is 1. The third kappa shape index (κ3) is 3.81. The number of nitrogens with one attached hydrogen (secondary N) is 1. The Balaban J connectivity index is 1.56. The highest BCUT2D eigenvalue weighted by molar-refractivity contribution is 5.89. The molecular formula is C17H23N3O3. The van der Waals surface area contributed by atoms with Gasteiger partial charge in [-0.3, -0.25) is 9.59 Å². The summed E-state index contributed by atoms with van der Waals surface area (Å²) in [6, 6.07) is 4.09. The van der Waals surface area contributed by atoms with Gasteiger partial charge in [-0.2, -0.15) is 0 Å². The average molecular weight is 317 g/mol. The number of hydrogen-bond acceptors (Lipinski definition) is 4. The molecule has 1 atom stereocenters. The van der Waals surface area contributed by atoms with Crippen LogP contribution < -0.4 is 10.1 Å². The highest BCUT2D eigenvalue weighted by Crippen LogP contribution is 2.32. The quantitative estimate of drug-likeness (QED) is 0.863. The van der Waals surface area contributed by atoms with Crippen LogP contribution in [0.25, 0.3) is 0 Å². The van der Waals surface area contributed by atoms with E-state index in [9.17, 15) is 9.59 Å². The normalized spacial score (nSPS) is 20.9. The molecule has 0 spiro atoms. The molecule has 1 saturated heterocycles. The summed E-state index contributed by atoms with van der Waals surface area (Å²) >= 11 is 0. The van der Waals surface area contributed by atoms with Crippen molar-refractivity contribution in [3.63, 3.8) is 0 Å². The number of ether oxygens (including phenoxy) is 1. The number of amides is 2. The maximum Gasteiger partial charge on any atom is 0.225 e. The van der Waals surface area contributed by atoms with Crippen molar-refractivity contribution in [2.75, 3.05) is 6.54 Å². The molecule has 2 heterocycles. The Morgan fingerprint density at radius 2 is 2.26 bits per heavy atom. The van der Waals surface area contributed by atoms with E-state index in [1.807, 2.05) is 30.9 Å². The molecule has 1 aliphatic carbocycles. The summed E-state index contributed by atoms with van der Waals surface area (Å²) < 4.78 is 5.65. The zero-order chi connectivity index (χ0) is 16.4. The minimum atomic E-state index is -0.241. The monoisotopic (exact) mass is 317 g/mol. The molecule has 1 aromatic rings. The van der Waals surface area contributed by atoms with Crippen molar-refractivity contribution in [3.05, 3.63) is 23.9 Å². The van der Waals surface area contributed by atoms with E-state index in [-0.39, 0.29) is 23.8 Å². The first-order valence-corrected chi connectivity index (χ1v) is 8.22. The molecule has 0 radical (unpaired) electrons. The third-order valence-corrected chi connectivity index (χ3v) is 4.17. The summed E-state index contributed by atoms with van der Waals surface area (Å²) in [4.78, 5) is 30.3. The van der Waals surface area contributed by atoms with Gasteiger partial charge >= 0.3 is 0 Å². The molecular weight excluding hydrogens is 294 g/mol. The Kier molecular flexibility index (Phi) is 4.50. The van der Waals surface area contributed by atoms with Crippen LogP contribution in [0.2, 0.25) is 0 Å². The molecule has 2 fully saturated rings. The Morgan fingerprint density at radius 1 is 1.48 bits per heavy atom. The highest BCUT2D eigenvalue weighted by atomic mass is 16.5. The largest absolute Gasteiger partial charge is 0.475 e. The van der Waals surface area contributed by atoms with Crippen molar-refractivity contribution in [1.82, 2.24) is 15.2 Å². The molecule has 1 saturated carbocycles. The summed E-state index contributed by atoms with van der Waals surface area (Å²) in [5.74, 6) is 0.345. The maximum atomic E-state index is 12.3. The third-order valence-electron chi connectivity index (χ3n) is 4.17. The number of rotatable bonds is 6. The smallest absolute Gasteiger partial charge is 0.225 e. The molecule has 2 amide bonds. The Labute approximate surface area is 136 Å². The lowest BCUT2D eigenvalue weighted by Gasteiger charge is -2.16. The van der Waals surface area contributed by atoms with E-state index < -0.39 is 0 Å². The molecule has 124 valence electrons. The van der Waals surface area contributed by atoms with Crippen LogP contribution in [-0.2, 0) is 16.1 Å². The van der Waals surface area contributed by atoms with Gasteiger partial charge in [0, 0.05) is 37.3 Å². The Morgan fingerprint density at radius 3 is 2.96 bits per heavy atom. The average Bonchev–Trinajstić information content (AvgIpc) is 3.28. The first kappa shape index (κ1) is 15.8. The Hall–Kier alpha value is -2.11. The highest BCUT2D eigenvalue weighted by Gasteiger charge is 2.41. The van der Waals surface area contributed by atoms with Gasteiger partial charge in [0.1, 0.15) is 0 Å². The van der Waals surface area contributed by atoms with E-state index in [4.69, 9.17) is 4.74 Å². The van der Waals surface area contributed by atoms with Crippen LogP contribution in [0, 0.1) is 5.92 Å². The van der Waals surface area contributed by atoms with Gasteiger partial charge in [-0.15, -0.1) is 0 Å². The molecule has 6 heteroatoms. The zero-order valence-corrected chi connectivity index (χ0v) is 13.6. The van der Waals surface area contributed by atoms with Gasteiger partial charge in [-0.25, -0.2) is 4.98 Å². The van der Waals surface area contributed by atoms with Gasteiger partial charge in [0.25, 0.3) is 0 Å². The molecule has 0 aromatic carbocycles. The molecule has 3 rings (SSSR count). The topological polar surface area (TPSA) is 71.5 Å². The fourth-order valence-corrected chi connectivity index (χ4v) is 2.86. The van der Waals surface area contributed by atoms with Gasteiger partial charge < -0.3 is 15.0 Å². The van der Waals surface area contributed by atoms with Gasteiger partial charge in [0.15, 0.2) is 0 Å². The fraction of sp³-hybridized carbons (Fsp3) is 0.588. The van der Waals surface area contributed by atoms with Crippen LogP contribution >= 0.6 is 0 Å². The summed E-state index contributed by atoms with van der Waals surface area (Å²) in [6.45, 7) is 4.79. The van der Waals surface area contributed by atoms with Crippen molar-refractivity contribution >= 4 is 11.8 Å². The second-order valence-electron chi connectivity index (χ2n) is 6.53. The van der Waals surface area contributed by atoms with Crippen LogP contribution in [0.15, 0.2) is 18.3 Å². The van der Waals surface area contributed by atoms with E-state index >= 15 is 0 Å². The van der Waals surface area contributed by atoms with E-state index in [0.29, 0.717) is 31.4 Å². The second-order valence-corrected chi connectivity index (χ2v) is 6.53. The lowest BCUT2D eigenvalue weighted by atomic mass is 10.1. The van der Waals surface area contributed by atoms with Crippen molar-refractivity contribution in [1.29, 1.82) is 0 Å². The van der Waals surface area contributed by atoms with Gasteiger partial charge in [0.2, 0.25) is 17.7 Å². The summed E-state index contributed by atoms with van der Waals surface area (Å²) in [7, 11) is 0. The lowest BCUT2D eigenvalue weighted by Crippen LogP contribution is -2.33. The van der Waals surface area contributed by atoms with E-state index in [1.165, 1.54) is 0 Å². The van der Waals surface area contributed by atoms with E-state index in [2.05, 4.69) is 10.3 Å². The molecule has 1 aliphatic heterocycles. The first-order valence-electron chi connectivity index (χ1n) is 8.22. The Bertz CT molecular complexity index is 599. The van der Waals surface area contributed by atoms with Crippen molar-refractivity contribution in [2.24, 2.45) is 5.92 Å². The molecule has 0 bridgehead atoms. The first-order chi connectivity index (χ1) is 11.0. The van der Waals surface area contributed by atoms with E-state index in [0.717, 1.165) is 18.4 Å². The SMILES string of the molecule is CC(C)Oc1ncccc1CNC(=O)[C@@H]1CC(=O)N(C2CC2)C1. The van der Waals surface area contributed by atoms with Crippen LogP contribution in [0.3, 0.4) is 0 Å². The number of carbonyl (C=O) groups excluding carboxylic acids is 2. The molecule has 1 aromatic heterocycles. The lowest BCUT2D eigenvalue weighted by molar-refractivity contribution is -0.129. The zero-order valence-electron chi connectivity index (χ0n) is 13.6. The van der Waals surface area contributed by atoms with E-state index in [1.54, 1.807) is 6.20 Å². The summed E-state index contributed by atoms with van der Waals surface area (Å²) in [6.07, 6.45) is 4.17. The number of hydrogen-bond donors (Lipinski definition) is 1. The molecule has 2 aliphatic rings. The number of carbonyl (C=O) groups is 2. The predicted octanol–water partition coefficient (Wildman–Crippen LogP) is 1.50. The minimum absolute atomic E-state index is 0.0268. The van der Waals surface area contributed by atoms with Crippen LogP contribution in [0.5, 0.6) is 5.88 Å². The summed E-state index contributed by atoms with van der Waals surface area (Å²) in [5, 5.41) is 2.92. The molecule has 1 N–H and O–H groups in total. The molecule has 0 unspecified atom stereocenters. The van der Waals surface area contributed by atoms with Gasteiger partial charge in [0.05, 0.1) is 12.0 Å². The second kappa shape index (κ2) is 6.56. The van der Waals surface area contributed by atoms with Crippen LogP contribution in [0.1, 0.15) is 38.7 Å². The van der Waals surface area contributed by atoms with Crippen molar-refractivity contribution in [3.8, 4) is 5.88 Å². The minimum Gasteiger partial charge on any atom is -0.475 e. The van der Waals surface area contributed by atoms with Crippen LogP contribution in [-0.4, -0.2) is 40.4 Å². The molecule has 6 nitrogen and oxygen atoms in total. The van der Waals surface area contributed by atoms with Gasteiger partial charge in [-0.1, -0.05) is 6.07 Å². The summed E-state index contributed by atoms with van der Waals surface area (Å²) in [5.41, 5.74) is 0.845. The van der Waals surface area contributed by atoms with Crippen LogP contribution in [0.4, 0.5) is 0 Å². The fourth-order valence-electron chi connectivity index (χ4n) is 2.86. The molecule has 23 heavy (non-hydrogen) atoms.